The smallest absolute Gasteiger partial charge is 0.187 e. The van der Waals surface area contributed by atoms with Gasteiger partial charge in [-0.1, -0.05) is 32.0 Å². The van der Waals surface area contributed by atoms with Crippen LogP contribution in [-0.4, -0.2) is 11.0 Å². The second kappa shape index (κ2) is 5.84. The quantitative estimate of drug-likeness (QED) is 0.909. The van der Waals surface area contributed by atoms with Crippen molar-refractivity contribution >= 4 is 28.1 Å². The molecule has 4 nitrogen and oxygen atoms in total. The number of rotatable bonds is 5. The van der Waals surface area contributed by atoms with E-state index in [-0.39, 0.29) is 6.42 Å². The number of carbonyl (C=O) groups excluding carboxylic acids is 1. The Bertz CT molecular complexity index is 578. The van der Waals surface area contributed by atoms with Gasteiger partial charge in [0.25, 0.3) is 0 Å². The van der Waals surface area contributed by atoms with Crippen molar-refractivity contribution in [3.8, 4) is 0 Å². The van der Waals surface area contributed by atoms with E-state index in [0.29, 0.717) is 16.7 Å². The van der Waals surface area contributed by atoms with Gasteiger partial charge in [-0.25, -0.2) is 4.98 Å². The number of para-hydroxylation sites is 1. The maximum atomic E-state index is 10.5. The van der Waals surface area contributed by atoms with E-state index in [4.69, 9.17) is 0 Å². The van der Waals surface area contributed by atoms with Crippen LogP contribution in [0.4, 0.5) is 10.8 Å². The number of nitrogens with one attached hydrogen (secondary N) is 1. The van der Waals surface area contributed by atoms with E-state index in [9.17, 15) is 9.90 Å². The highest BCUT2D eigenvalue weighted by molar-refractivity contribution is 7.13. The highest BCUT2D eigenvalue weighted by Gasteiger charge is 2.08. The molecule has 1 aromatic carbocycles. The average molecular weight is 275 g/mol. The number of nitrogens with zero attached hydrogens (tertiary/aromatic N) is 1. The van der Waals surface area contributed by atoms with Gasteiger partial charge in [0.1, 0.15) is 0 Å². The fourth-order valence-corrected chi connectivity index (χ4v) is 2.55. The molecule has 2 aromatic rings. The predicted octanol–water partition coefficient (Wildman–Crippen LogP) is 2.30. The molecule has 1 N–H and O–H groups in total. The summed E-state index contributed by atoms with van der Waals surface area (Å²) in [7, 11) is 0. The first kappa shape index (κ1) is 13.5. The normalized spacial score (nSPS) is 10.7. The van der Waals surface area contributed by atoms with Crippen molar-refractivity contribution in [2.75, 3.05) is 5.32 Å². The summed E-state index contributed by atoms with van der Waals surface area (Å²) in [5.41, 5.74) is 2.74. The number of thiazole rings is 1. The minimum atomic E-state index is -1.11. The molecule has 19 heavy (non-hydrogen) atoms. The van der Waals surface area contributed by atoms with Crippen molar-refractivity contribution in [2.24, 2.45) is 0 Å². The largest absolute Gasteiger partial charge is 0.550 e. The van der Waals surface area contributed by atoms with E-state index >= 15 is 0 Å². The topological polar surface area (TPSA) is 65.0 Å². The zero-order chi connectivity index (χ0) is 13.8. The third-order valence-corrected chi connectivity index (χ3v) is 3.51. The number of hydrogen-bond acceptors (Lipinski definition) is 5. The molecular formula is C14H15N2O2S-. The van der Waals surface area contributed by atoms with E-state index in [0.717, 1.165) is 5.69 Å². The van der Waals surface area contributed by atoms with Gasteiger partial charge in [0.15, 0.2) is 5.13 Å². The summed E-state index contributed by atoms with van der Waals surface area (Å²) in [5.74, 6) is -0.703. The van der Waals surface area contributed by atoms with E-state index in [1.165, 1.54) is 16.9 Å². The predicted molar refractivity (Wildman–Crippen MR) is 74.6 cm³/mol. The fraction of sp³-hybridized carbons (Fsp3) is 0.286. The van der Waals surface area contributed by atoms with Crippen molar-refractivity contribution in [3.63, 3.8) is 0 Å². The lowest BCUT2D eigenvalue weighted by Gasteiger charge is -2.12. The number of anilines is 2. The molecule has 0 aliphatic carbocycles. The van der Waals surface area contributed by atoms with Crippen LogP contribution in [0.1, 0.15) is 31.0 Å². The average Bonchev–Trinajstić information content (AvgIpc) is 2.76. The summed E-state index contributed by atoms with van der Waals surface area (Å²) in [6.07, 6.45) is -0.149. The maximum Gasteiger partial charge on any atom is 0.187 e. The van der Waals surface area contributed by atoms with Crippen molar-refractivity contribution in [3.05, 3.63) is 40.9 Å². The van der Waals surface area contributed by atoms with Gasteiger partial charge >= 0.3 is 0 Å². The van der Waals surface area contributed by atoms with Gasteiger partial charge in [0.05, 0.1) is 5.69 Å². The fourth-order valence-electron chi connectivity index (χ4n) is 1.82. The lowest BCUT2D eigenvalue weighted by Crippen LogP contribution is -2.24. The second-order valence-electron chi connectivity index (χ2n) is 4.56. The van der Waals surface area contributed by atoms with Gasteiger partial charge in [0.2, 0.25) is 0 Å². The number of aliphatic carboxylic acids is 1. The standard InChI is InChI=1S/C14H16N2O2S/c1-9(2)11-5-3-4-6-12(11)16-14-15-10(8-19-14)7-13(17)18/h3-6,8-9H,7H2,1-2H3,(H,15,16)(H,17,18)/p-1. The number of aromatic nitrogens is 1. The molecule has 5 heteroatoms. The Hall–Kier alpha value is -1.88. The van der Waals surface area contributed by atoms with E-state index in [1.54, 1.807) is 5.38 Å². The first-order valence-electron chi connectivity index (χ1n) is 6.06. The molecule has 0 saturated carbocycles. The lowest BCUT2D eigenvalue weighted by molar-refractivity contribution is -0.304. The molecule has 1 aromatic heterocycles. The number of carboxylic acids is 1. The van der Waals surface area contributed by atoms with Crippen LogP contribution in [0.3, 0.4) is 0 Å². The second-order valence-corrected chi connectivity index (χ2v) is 5.42. The van der Waals surface area contributed by atoms with E-state index < -0.39 is 5.97 Å². The van der Waals surface area contributed by atoms with Crippen LogP contribution in [0, 0.1) is 0 Å². The zero-order valence-electron chi connectivity index (χ0n) is 10.8. The van der Waals surface area contributed by atoms with Crippen molar-refractivity contribution < 1.29 is 9.90 Å². The SMILES string of the molecule is CC(C)c1ccccc1Nc1nc(CC(=O)[O-])cs1. The number of hydrogen-bond donors (Lipinski definition) is 1. The van der Waals surface area contributed by atoms with Crippen LogP contribution >= 0.6 is 11.3 Å². The summed E-state index contributed by atoms with van der Waals surface area (Å²) in [5, 5.41) is 16.2. The molecule has 0 spiro atoms. The molecule has 0 atom stereocenters. The third kappa shape index (κ3) is 3.54. The first-order chi connectivity index (χ1) is 9.06. The Morgan fingerprint density at radius 2 is 2.16 bits per heavy atom. The molecule has 0 bridgehead atoms. The van der Waals surface area contributed by atoms with Gasteiger partial charge in [-0.2, -0.15) is 0 Å². The first-order valence-corrected chi connectivity index (χ1v) is 6.94. The summed E-state index contributed by atoms with van der Waals surface area (Å²) >= 11 is 1.39. The van der Waals surface area contributed by atoms with Gasteiger partial charge in [-0.05, 0) is 17.5 Å². The van der Waals surface area contributed by atoms with Crippen LogP contribution in [0.2, 0.25) is 0 Å². The van der Waals surface area contributed by atoms with Gasteiger partial charge in [-0.15, -0.1) is 11.3 Å². The Morgan fingerprint density at radius 3 is 2.84 bits per heavy atom. The molecule has 0 unspecified atom stereocenters. The van der Waals surface area contributed by atoms with Gasteiger partial charge in [-0.3, -0.25) is 0 Å². The summed E-state index contributed by atoms with van der Waals surface area (Å²) in [4.78, 5) is 14.7. The van der Waals surface area contributed by atoms with Crippen LogP contribution in [0.5, 0.6) is 0 Å². The van der Waals surface area contributed by atoms with E-state index in [1.807, 2.05) is 18.2 Å². The van der Waals surface area contributed by atoms with Crippen molar-refractivity contribution in [1.82, 2.24) is 4.98 Å². The van der Waals surface area contributed by atoms with Gasteiger partial charge < -0.3 is 15.2 Å². The number of benzene rings is 1. The molecule has 0 saturated heterocycles. The molecule has 0 aliphatic rings. The van der Waals surface area contributed by atoms with Crippen molar-refractivity contribution in [1.29, 1.82) is 0 Å². The molecule has 2 rings (SSSR count). The minimum absolute atomic E-state index is 0.149. The summed E-state index contributed by atoms with van der Waals surface area (Å²) in [6, 6.07) is 8.03. The molecule has 0 radical (unpaired) electrons. The third-order valence-electron chi connectivity index (χ3n) is 2.70. The Balaban J connectivity index is 2.17. The summed E-state index contributed by atoms with van der Waals surface area (Å²) < 4.78 is 0. The highest BCUT2D eigenvalue weighted by atomic mass is 32.1. The number of carbonyl (C=O) groups is 1. The summed E-state index contributed by atoms with van der Waals surface area (Å²) in [6.45, 7) is 4.26. The maximum absolute atomic E-state index is 10.5. The Morgan fingerprint density at radius 1 is 1.42 bits per heavy atom. The van der Waals surface area contributed by atoms with Crippen LogP contribution in [0.15, 0.2) is 29.6 Å². The zero-order valence-corrected chi connectivity index (χ0v) is 11.7. The van der Waals surface area contributed by atoms with Crippen LogP contribution < -0.4 is 10.4 Å². The van der Waals surface area contributed by atoms with E-state index in [2.05, 4.69) is 30.2 Å². The molecule has 1 heterocycles. The molecule has 0 amide bonds. The van der Waals surface area contributed by atoms with Crippen LogP contribution in [-0.2, 0) is 11.2 Å². The monoisotopic (exact) mass is 275 g/mol. The lowest BCUT2D eigenvalue weighted by atomic mass is 10.0. The van der Waals surface area contributed by atoms with Gasteiger partial charge in [0, 0.05) is 23.5 Å². The van der Waals surface area contributed by atoms with Crippen molar-refractivity contribution in [2.45, 2.75) is 26.2 Å². The molecule has 100 valence electrons. The highest BCUT2D eigenvalue weighted by Crippen LogP contribution is 2.28. The number of carboxylic acid groups (broad SMARTS) is 1. The minimum Gasteiger partial charge on any atom is -0.550 e. The molecule has 0 fully saturated rings. The molecular weight excluding hydrogens is 260 g/mol. The molecule has 0 aliphatic heterocycles. The van der Waals surface area contributed by atoms with Crippen LogP contribution in [0.25, 0.3) is 0 Å². The Kier molecular flexibility index (Phi) is 4.16. The Labute approximate surface area is 116 Å².